The number of hydrogen-bond acceptors (Lipinski definition) is 2. The second kappa shape index (κ2) is 4.84. The molecule has 21 heavy (non-hydrogen) atoms. The van der Waals surface area contributed by atoms with Crippen LogP contribution in [0.5, 0.6) is 5.75 Å². The second-order valence-electron chi connectivity index (χ2n) is 5.23. The van der Waals surface area contributed by atoms with Crippen LogP contribution in [0.4, 0.5) is 4.39 Å². The van der Waals surface area contributed by atoms with E-state index in [1.807, 2.05) is 18.2 Å². The highest BCUT2D eigenvalue weighted by molar-refractivity contribution is 9.10. The van der Waals surface area contributed by atoms with E-state index in [9.17, 15) is 4.39 Å². The van der Waals surface area contributed by atoms with Gasteiger partial charge in [0.2, 0.25) is 0 Å². The lowest BCUT2D eigenvalue weighted by molar-refractivity contribution is 0.258. The molecule has 3 nitrogen and oxygen atoms in total. The summed E-state index contributed by atoms with van der Waals surface area (Å²) in [4.78, 5) is 7.79. The summed E-state index contributed by atoms with van der Waals surface area (Å²) in [5.74, 6) is 1.66. The van der Waals surface area contributed by atoms with E-state index in [0.717, 1.165) is 23.5 Å². The molecule has 0 spiro atoms. The Morgan fingerprint density at radius 2 is 2.14 bits per heavy atom. The van der Waals surface area contributed by atoms with E-state index in [1.54, 1.807) is 6.07 Å². The first-order valence-electron chi connectivity index (χ1n) is 6.76. The van der Waals surface area contributed by atoms with Crippen LogP contribution < -0.4 is 4.74 Å². The molecule has 0 amide bonds. The van der Waals surface area contributed by atoms with Crippen LogP contribution in [0, 0.1) is 5.82 Å². The number of imidazole rings is 1. The van der Waals surface area contributed by atoms with Gasteiger partial charge in [-0.25, -0.2) is 9.37 Å². The molecule has 1 aliphatic heterocycles. The molecule has 0 fully saturated rings. The van der Waals surface area contributed by atoms with E-state index in [2.05, 4.69) is 32.0 Å². The molecular weight excluding hydrogens is 335 g/mol. The van der Waals surface area contributed by atoms with E-state index in [4.69, 9.17) is 4.74 Å². The summed E-state index contributed by atoms with van der Waals surface area (Å²) in [5.41, 5.74) is 2.66. The monoisotopic (exact) mass is 346 g/mol. The third-order valence-corrected chi connectivity index (χ3v) is 4.42. The Morgan fingerprint density at radius 1 is 1.29 bits per heavy atom. The van der Waals surface area contributed by atoms with Gasteiger partial charge < -0.3 is 9.72 Å². The highest BCUT2D eigenvalue weighted by Crippen LogP contribution is 2.32. The molecule has 2 heterocycles. The van der Waals surface area contributed by atoms with Gasteiger partial charge in [0.05, 0.1) is 28.0 Å². The number of aromatic nitrogens is 2. The van der Waals surface area contributed by atoms with Crippen LogP contribution in [0.15, 0.2) is 40.9 Å². The number of nitrogens with zero attached hydrogens (tertiary/aromatic N) is 1. The number of benzene rings is 2. The lowest BCUT2D eigenvalue weighted by atomic mass is 9.96. The molecule has 2 aromatic carbocycles. The average Bonchev–Trinajstić information content (AvgIpc) is 2.90. The number of H-pyrrole nitrogens is 1. The molecule has 3 aromatic rings. The summed E-state index contributed by atoms with van der Waals surface area (Å²) in [6, 6.07) is 11.2. The van der Waals surface area contributed by atoms with Crippen molar-refractivity contribution in [2.75, 3.05) is 6.61 Å². The fourth-order valence-electron chi connectivity index (χ4n) is 2.72. The molecule has 1 aliphatic rings. The van der Waals surface area contributed by atoms with Crippen molar-refractivity contribution >= 4 is 27.0 Å². The molecular formula is C16H12BrFN2O. The molecule has 0 saturated heterocycles. The average molecular weight is 347 g/mol. The Morgan fingerprint density at radius 3 is 3.05 bits per heavy atom. The third kappa shape index (κ3) is 2.21. The zero-order chi connectivity index (χ0) is 14.4. The Bertz CT molecular complexity index is 791. The Hall–Kier alpha value is -1.88. The lowest BCUT2D eigenvalue weighted by Gasteiger charge is -2.23. The predicted molar refractivity (Wildman–Crippen MR) is 82.1 cm³/mol. The van der Waals surface area contributed by atoms with Gasteiger partial charge in [-0.05, 0) is 40.0 Å². The molecule has 1 N–H and O–H groups in total. The van der Waals surface area contributed by atoms with Crippen LogP contribution in [0.1, 0.15) is 17.3 Å². The van der Waals surface area contributed by atoms with Crippen LogP contribution in [0.25, 0.3) is 11.0 Å². The molecule has 106 valence electrons. The Kier molecular flexibility index (Phi) is 2.96. The maximum absolute atomic E-state index is 13.6. The zero-order valence-corrected chi connectivity index (χ0v) is 12.7. The van der Waals surface area contributed by atoms with Gasteiger partial charge in [0, 0.05) is 6.07 Å². The number of fused-ring (bicyclic) bond motifs is 2. The fourth-order valence-corrected chi connectivity index (χ4v) is 3.05. The van der Waals surface area contributed by atoms with Gasteiger partial charge in [-0.3, -0.25) is 0 Å². The van der Waals surface area contributed by atoms with Gasteiger partial charge >= 0.3 is 0 Å². The topological polar surface area (TPSA) is 37.9 Å². The van der Waals surface area contributed by atoms with Crippen LogP contribution in [0.3, 0.4) is 0 Å². The van der Waals surface area contributed by atoms with Crippen LogP contribution in [-0.4, -0.2) is 16.6 Å². The summed E-state index contributed by atoms with van der Waals surface area (Å²) >= 11 is 3.19. The van der Waals surface area contributed by atoms with Crippen molar-refractivity contribution in [3.63, 3.8) is 0 Å². The normalized spacial score (nSPS) is 17.5. The van der Waals surface area contributed by atoms with Crippen molar-refractivity contribution in [3.05, 3.63) is 58.1 Å². The van der Waals surface area contributed by atoms with Crippen molar-refractivity contribution < 1.29 is 9.13 Å². The van der Waals surface area contributed by atoms with Crippen molar-refractivity contribution in [3.8, 4) is 5.75 Å². The lowest BCUT2D eigenvalue weighted by Crippen LogP contribution is -2.20. The maximum atomic E-state index is 13.6. The number of para-hydroxylation sites is 1. The molecule has 1 atom stereocenters. The standard InChI is InChI=1S/C16H12BrFN2O/c17-11-6-13-14(7-12(11)18)20-16(19-13)10-5-9-3-1-2-4-15(9)21-8-10/h1-4,6-7,10H,5,8H2,(H,19,20). The van der Waals surface area contributed by atoms with Crippen molar-refractivity contribution in [2.24, 2.45) is 0 Å². The summed E-state index contributed by atoms with van der Waals surface area (Å²) in [6.07, 6.45) is 0.875. The second-order valence-corrected chi connectivity index (χ2v) is 6.08. The van der Waals surface area contributed by atoms with Crippen LogP contribution >= 0.6 is 15.9 Å². The van der Waals surface area contributed by atoms with Gasteiger partial charge in [-0.2, -0.15) is 0 Å². The molecule has 1 unspecified atom stereocenters. The minimum atomic E-state index is -0.289. The predicted octanol–water partition coefficient (Wildman–Crippen LogP) is 4.18. The van der Waals surface area contributed by atoms with Crippen molar-refractivity contribution in [1.82, 2.24) is 9.97 Å². The highest BCUT2D eigenvalue weighted by Gasteiger charge is 2.24. The van der Waals surface area contributed by atoms with Gasteiger partial charge in [0.1, 0.15) is 17.4 Å². The van der Waals surface area contributed by atoms with Gasteiger partial charge in [-0.15, -0.1) is 0 Å². The van der Waals surface area contributed by atoms with Gasteiger partial charge in [-0.1, -0.05) is 18.2 Å². The first-order valence-corrected chi connectivity index (χ1v) is 7.55. The molecule has 4 rings (SSSR count). The highest BCUT2D eigenvalue weighted by atomic mass is 79.9. The number of hydrogen-bond donors (Lipinski definition) is 1. The summed E-state index contributed by atoms with van der Waals surface area (Å²) < 4.78 is 19.8. The van der Waals surface area contributed by atoms with E-state index in [0.29, 0.717) is 16.6 Å². The van der Waals surface area contributed by atoms with Gasteiger partial charge in [0.25, 0.3) is 0 Å². The van der Waals surface area contributed by atoms with Crippen molar-refractivity contribution in [1.29, 1.82) is 0 Å². The first-order chi connectivity index (χ1) is 10.2. The Balaban J connectivity index is 1.71. The van der Waals surface area contributed by atoms with Gasteiger partial charge in [0.15, 0.2) is 0 Å². The summed E-state index contributed by atoms with van der Waals surface area (Å²) in [5, 5.41) is 0. The van der Waals surface area contributed by atoms with E-state index in [-0.39, 0.29) is 11.7 Å². The molecule has 1 aromatic heterocycles. The number of halogens is 2. The van der Waals surface area contributed by atoms with E-state index in [1.165, 1.54) is 11.6 Å². The SMILES string of the molecule is Fc1cc2[nH]c(C3COc4ccccc4C3)nc2cc1Br. The minimum absolute atomic E-state index is 0.161. The number of nitrogens with one attached hydrogen (secondary N) is 1. The quantitative estimate of drug-likeness (QED) is 0.717. The minimum Gasteiger partial charge on any atom is -0.493 e. The zero-order valence-electron chi connectivity index (χ0n) is 11.1. The van der Waals surface area contributed by atoms with Crippen LogP contribution in [0.2, 0.25) is 0 Å². The number of aromatic amines is 1. The Labute approximate surface area is 129 Å². The van der Waals surface area contributed by atoms with Crippen molar-refractivity contribution in [2.45, 2.75) is 12.3 Å². The fraction of sp³-hybridized carbons (Fsp3) is 0.188. The molecule has 5 heteroatoms. The smallest absolute Gasteiger partial charge is 0.139 e. The number of ether oxygens (including phenoxy) is 1. The summed E-state index contributed by atoms with van der Waals surface area (Å²) in [6.45, 7) is 0.584. The van der Waals surface area contributed by atoms with Crippen LogP contribution in [-0.2, 0) is 6.42 Å². The molecule has 0 radical (unpaired) electrons. The molecule has 0 aliphatic carbocycles. The summed E-state index contributed by atoms with van der Waals surface area (Å²) in [7, 11) is 0. The molecule has 0 bridgehead atoms. The van der Waals surface area contributed by atoms with E-state index < -0.39 is 0 Å². The largest absolute Gasteiger partial charge is 0.493 e. The first kappa shape index (κ1) is 12.8. The maximum Gasteiger partial charge on any atom is 0.139 e. The number of rotatable bonds is 1. The molecule has 0 saturated carbocycles. The third-order valence-electron chi connectivity index (χ3n) is 3.81. The van der Waals surface area contributed by atoms with E-state index >= 15 is 0 Å².